The highest BCUT2D eigenvalue weighted by molar-refractivity contribution is 6.06. The first-order valence-electron chi connectivity index (χ1n) is 15.0. The lowest BCUT2D eigenvalue weighted by atomic mass is 10.1. The van der Waals surface area contributed by atoms with Crippen LogP contribution in [0.2, 0.25) is 0 Å². The van der Waals surface area contributed by atoms with Gasteiger partial charge in [0.2, 0.25) is 11.8 Å². The molecular weight excluding hydrogens is 558 g/mol. The molecule has 12 nitrogen and oxygen atoms in total. The fourth-order valence-corrected chi connectivity index (χ4v) is 6.73. The Morgan fingerprint density at radius 1 is 1.00 bits per heavy atom. The maximum Gasteiger partial charge on any atom is 0.272 e. The van der Waals surface area contributed by atoms with Gasteiger partial charge in [0, 0.05) is 67.4 Å². The smallest absolute Gasteiger partial charge is 0.272 e. The fraction of sp³-hybridized carbons (Fsp3) is 0.375. The number of anilines is 2. The van der Waals surface area contributed by atoms with E-state index in [-0.39, 0.29) is 35.4 Å². The molecule has 3 saturated heterocycles. The van der Waals surface area contributed by atoms with Crippen LogP contribution in [0.25, 0.3) is 22.3 Å². The SMILES string of the molecule is CNC(=O)c1n[nH]c2ccc(NC(=O)[C@@H]3CCN(CC(=O)N4C[C@H]5C[C@@H]4CN5c4ccc(-c5ncc(C)cn5)cc4)C3)cc12. The molecule has 0 radical (unpaired) electrons. The normalized spacial score (nSPS) is 21.3. The molecule has 4 aromatic rings. The van der Waals surface area contributed by atoms with Gasteiger partial charge in [-0.15, -0.1) is 0 Å². The van der Waals surface area contributed by atoms with Crippen LogP contribution in [0.3, 0.4) is 0 Å². The number of piperazine rings is 1. The van der Waals surface area contributed by atoms with Crippen molar-refractivity contribution in [2.75, 3.05) is 50.0 Å². The molecule has 3 aliphatic rings. The Morgan fingerprint density at radius 3 is 2.52 bits per heavy atom. The van der Waals surface area contributed by atoms with E-state index >= 15 is 0 Å². The minimum atomic E-state index is -0.294. The largest absolute Gasteiger partial charge is 0.365 e. The van der Waals surface area contributed by atoms with Crippen LogP contribution < -0.4 is 15.5 Å². The van der Waals surface area contributed by atoms with Crippen molar-refractivity contribution in [2.45, 2.75) is 31.8 Å². The van der Waals surface area contributed by atoms with Crippen LogP contribution in [-0.2, 0) is 9.59 Å². The van der Waals surface area contributed by atoms with E-state index in [0.717, 1.165) is 47.7 Å². The number of aryl methyl sites for hydroxylation is 1. The summed E-state index contributed by atoms with van der Waals surface area (Å²) < 4.78 is 0. The summed E-state index contributed by atoms with van der Waals surface area (Å²) in [6.45, 7) is 5.09. The summed E-state index contributed by atoms with van der Waals surface area (Å²) in [6.07, 6.45) is 5.32. The van der Waals surface area contributed by atoms with E-state index in [1.165, 1.54) is 0 Å². The van der Waals surface area contributed by atoms with Crippen molar-refractivity contribution in [1.82, 2.24) is 35.3 Å². The van der Waals surface area contributed by atoms with Gasteiger partial charge in [0.1, 0.15) is 0 Å². The number of aromatic nitrogens is 4. The number of hydrogen-bond acceptors (Lipinski definition) is 8. The van der Waals surface area contributed by atoms with Crippen molar-refractivity contribution in [2.24, 2.45) is 5.92 Å². The fourth-order valence-electron chi connectivity index (χ4n) is 6.73. The second kappa shape index (κ2) is 11.3. The molecule has 3 atom stereocenters. The Balaban J connectivity index is 0.913. The number of benzene rings is 2. The molecule has 7 rings (SSSR count). The number of fused-ring (bicyclic) bond motifs is 3. The van der Waals surface area contributed by atoms with Crippen molar-refractivity contribution in [3.63, 3.8) is 0 Å². The van der Waals surface area contributed by atoms with Crippen LogP contribution in [0.5, 0.6) is 0 Å². The number of hydrogen-bond donors (Lipinski definition) is 3. The molecule has 0 spiro atoms. The Bertz CT molecular complexity index is 1720. The summed E-state index contributed by atoms with van der Waals surface area (Å²) in [6, 6.07) is 14.2. The molecule has 44 heavy (non-hydrogen) atoms. The van der Waals surface area contributed by atoms with Crippen molar-refractivity contribution in [1.29, 1.82) is 0 Å². The van der Waals surface area contributed by atoms with E-state index in [9.17, 15) is 14.4 Å². The van der Waals surface area contributed by atoms with Crippen LogP contribution in [0, 0.1) is 12.8 Å². The molecule has 3 amide bonds. The molecule has 2 bridgehead atoms. The van der Waals surface area contributed by atoms with Crippen LogP contribution in [0.1, 0.15) is 28.9 Å². The van der Waals surface area contributed by atoms with Gasteiger partial charge in [-0.1, -0.05) is 0 Å². The van der Waals surface area contributed by atoms with Gasteiger partial charge < -0.3 is 20.4 Å². The van der Waals surface area contributed by atoms with E-state index in [1.54, 1.807) is 25.2 Å². The first kappa shape index (κ1) is 28.0. The number of rotatable bonds is 7. The van der Waals surface area contributed by atoms with Gasteiger partial charge in [-0.2, -0.15) is 5.10 Å². The zero-order valence-corrected chi connectivity index (χ0v) is 24.8. The predicted octanol–water partition coefficient (Wildman–Crippen LogP) is 2.44. The Morgan fingerprint density at radius 2 is 1.80 bits per heavy atom. The first-order valence-corrected chi connectivity index (χ1v) is 15.0. The minimum absolute atomic E-state index is 0.0832. The lowest BCUT2D eigenvalue weighted by Crippen LogP contribution is -2.51. The highest BCUT2D eigenvalue weighted by atomic mass is 16.2. The second-order valence-corrected chi connectivity index (χ2v) is 12.0. The molecule has 3 N–H and O–H groups in total. The van der Waals surface area contributed by atoms with Gasteiger partial charge in [0.25, 0.3) is 5.91 Å². The molecule has 0 unspecified atom stereocenters. The van der Waals surface area contributed by atoms with Crippen LogP contribution in [0.4, 0.5) is 11.4 Å². The predicted molar refractivity (Wildman–Crippen MR) is 166 cm³/mol. The number of nitrogens with one attached hydrogen (secondary N) is 3. The van der Waals surface area contributed by atoms with E-state index in [4.69, 9.17) is 0 Å². The molecule has 5 heterocycles. The number of amides is 3. The number of H-pyrrole nitrogens is 1. The van der Waals surface area contributed by atoms with Gasteiger partial charge in [-0.3, -0.25) is 24.4 Å². The number of likely N-dealkylation sites (tertiary alicyclic amines) is 2. The summed E-state index contributed by atoms with van der Waals surface area (Å²) in [5.74, 6) is 0.269. The van der Waals surface area contributed by atoms with E-state index < -0.39 is 0 Å². The van der Waals surface area contributed by atoms with E-state index in [0.29, 0.717) is 43.2 Å². The Hall–Kier alpha value is -4.84. The summed E-state index contributed by atoms with van der Waals surface area (Å²) in [5.41, 5.74) is 4.80. The standard InChI is InChI=1S/C32H35N9O3/c1-19-13-34-30(35-14-19)20-3-6-23(7-4-20)40-16-25-12-24(40)17-41(25)28(42)18-39-10-9-21(15-39)31(43)36-22-5-8-27-26(11-22)29(38-37-27)32(44)33-2/h3-8,11,13-14,21,24-25H,9-10,12,15-18H2,1-2H3,(H,33,44)(H,36,43)(H,37,38)/t21-,24-,25-/m1/s1. The second-order valence-electron chi connectivity index (χ2n) is 12.0. The molecule has 226 valence electrons. The van der Waals surface area contributed by atoms with Crippen molar-refractivity contribution < 1.29 is 14.4 Å². The highest BCUT2D eigenvalue weighted by Gasteiger charge is 2.45. The summed E-state index contributed by atoms with van der Waals surface area (Å²) in [7, 11) is 1.55. The summed E-state index contributed by atoms with van der Waals surface area (Å²) in [5, 5.41) is 13.1. The molecule has 3 fully saturated rings. The lowest BCUT2D eigenvalue weighted by Gasteiger charge is -2.36. The number of carbonyl (C=O) groups excluding carboxylic acids is 3. The average Bonchev–Trinajstić information content (AvgIpc) is 3.85. The van der Waals surface area contributed by atoms with Gasteiger partial charge in [0.05, 0.1) is 24.0 Å². The molecule has 0 saturated carbocycles. The third-order valence-corrected chi connectivity index (χ3v) is 9.07. The van der Waals surface area contributed by atoms with Crippen LogP contribution >= 0.6 is 0 Å². The van der Waals surface area contributed by atoms with Crippen molar-refractivity contribution in [3.8, 4) is 11.4 Å². The molecule has 0 aliphatic carbocycles. The minimum Gasteiger partial charge on any atom is -0.365 e. The van der Waals surface area contributed by atoms with Gasteiger partial charge in [0.15, 0.2) is 11.5 Å². The molecule has 12 heteroatoms. The monoisotopic (exact) mass is 593 g/mol. The van der Waals surface area contributed by atoms with Crippen molar-refractivity contribution in [3.05, 3.63) is 66.1 Å². The Labute approximate surface area is 254 Å². The molecular formula is C32H35N9O3. The van der Waals surface area contributed by atoms with Crippen LogP contribution in [-0.4, -0.2) is 99.5 Å². The topological polar surface area (TPSA) is 139 Å². The Kier molecular flexibility index (Phi) is 7.21. The molecule has 2 aromatic heterocycles. The zero-order valence-electron chi connectivity index (χ0n) is 24.8. The molecule has 2 aromatic carbocycles. The van der Waals surface area contributed by atoms with E-state index in [2.05, 4.69) is 64.9 Å². The third kappa shape index (κ3) is 5.25. The molecule has 3 aliphatic heterocycles. The summed E-state index contributed by atoms with van der Waals surface area (Å²) >= 11 is 0. The number of aromatic amines is 1. The quantitative estimate of drug-likeness (QED) is 0.297. The van der Waals surface area contributed by atoms with Gasteiger partial charge >= 0.3 is 0 Å². The first-order chi connectivity index (χ1) is 21.4. The maximum atomic E-state index is 13.3. The average molecular weight is 594 g/mol. The summed E-state index contributed by atoms with van der Waals surface area (Å²) in [4.78, 5) is 53.9. The van der Waals surface area contributed by atoms with Gasteiger partial charge in [-0.05, 0) is 74.3 Å². The maximum absolute atomic E-state index is 13.3. The zero-order chi connectivity index (χ0) is 30.4. The number of carbonyl (C=O) groups is 3. The third-order valence-electron chi connectivity index (χ3n) is 9.07. The highest BCUT2D eigenvalue weighted by Crippen LogP contribution is 2.35. The lowest BCUT2D eigenvalue weighted by molar-refractivity contribution is -0.133. The van der Waals surface area contributed by atoms with Crippen molar-refractivity contribution >= 4 is 40.0 Å². The van der Waals surface area contributed by atoms with Gasteiger partial charge in [-0.25, -0.2) is 9.97 Å². The van der Waals surface area contributed by atoms with Crippen LogP contribution in [0.15, 0.2) is 54.9 Å². The van der Waals surface area contributed by atoms with E-state index in [1.807, 2.05) is 24.2 Å². The number of nitrogens with zero attached hydrogens (tertiary/aromatic N) is 6.